The van der Waals surface area contributed by atoms with Crippen molar-refractivity contribution in [1.82, 2.24) is 20.0 Å². The van der Waals surface area contributed by atoms with Crippen molar-refractivity contribution in [3.63, 3.8) is 0 Å². The smallest absolute Gasteiger partial charge is 0.242 e. The van der Waals surface area contributed by atoms with Crippen LogP contribution in [-0.4, -0.2) is 24.4 Å². The Morgan fingerprint density at radius 3 is 3.00 bits per heavy atom. The van der Waals surface area contributed by atoms with Gasteiger partial charge in [-0.05, 0) is 25.8 Å². The highest BCUT2D eigenvalue weighted by Crippen LogP contribution is 2.23. The molecule has 114 valence electrons. The van der Waals surface area contributed by atoms with E-state index in [1.165, 1.54) is 24.2 Å². The van der Waals surface area contributed by atoms with Gasteiger partial charge in [-0.2, -0.15) is 0 Å². The first kappa shape index (κ1) is 14.7. The molecule has 1 unspecified atom stereocenters. The molecule has 2 heterocycles. The van der Waals surface area contributed by atoms with Crippen LogP contribution in [0.1, 0.15) is 36.5 Å². The molecule has 2 aromatic heterocycles. The maximum atomic E-state index is 12.3. The minimum Gasteiger partial charge on any atom is -0.347 e. The number of thiophene rings is 1. The summed E-state index contributed by atoms with van der Waals surface area (Å²) in [5.74, 6) is 0.601. The van der Waals surface area contributed by atoms with Gasteiger partial charge in [-0.3, -0.25) is 0 Å². The number of hydrogen-bond donors (Lipinski definition) is 3. The standard InChI is InChI=1S/C13H18N4O2S2/c1-9(13-14-4-5-15-13)17-21(18,19)12-6-11(20-8-12)7-16-10-2-3-10/h4-6,8-10,16-17H,2-3,7H2,1H3,(H,14,15). The highest BCUT2D eigenvalue weighted by atomic mass is 32.2. The molecule has 21 heavy (non-hydrogen) atoms. The van der Waals surface area contributed by atoms with Crippen LogP contribution in [0.3, 0.4) is 0 Å². The van der Waals surface area contributed by atoms with Crippen molar-refractivity contribution < 1.29 is 8.42 Å². The van der Waals surface area contributed by atoms with E-state index >= 15 is 0 Å². The number of hydrogen-bond acceptors (Lipinski definition) is 5. The molecule has 0 spiro atoms. The van der Waals surface area contributed by atoms with E-state index < -0.39 is 16.1 Å². The summed E-state index contributed by atoms with van der Waals surface area (Å²) < 4.78 is 27.3. The van der Waals surface area contributed by atoms with Crippen LogP contribution in [0.15, 0.2) is 28.7 Å². The van der Waals surface area contributed by atoms with Crippen LogP contribution < -0.4 is 10.0 Å². The molecule has 0 aliphatic heterocycles. The number of H-pyrrole nitrogens is 1. The molecule has 1 aliphatic carbocycles. The first-order valence-electron chi connectivity index (χ1n) is 6.87. The van der Waals surface area contributed by atoms with Gasteiger partial charge in [0, 0.05) is 35.2 Å². The Kier molecular flexibility index (Phi) is 4.12. The summed E-state index contributed by atoms with van der Waals surface area (Å²) in [6, 6.07) is 1.96. The quantitative estimate of drug-likeness (QED) is 0.723. The molecular formula is C13H18N4O2S2. The molecule has 3 N–H and O–H groups in total. The average molecular weight is 326 g/mol. The highest BCUT2D eigenvalue weighted by Gasteiger charge is 2.23. The van der Waals surface area contributed by atoms with Crippen LogP contribution in [0.2, 0.25) is 0 Å². The Morgan fingerprint density at radius 2 is 2.33 bits per heavy atom. The zero-order valence-corrected chi connectivity index (χ0v) is 13.3. The van der Waals surface area contributed by atoms with E-state index in [2.05, 4.69) is 20.0 Å². The first-order valence-corrected chi connectivity index (χ1v) is 9.23. The summed E-state index contributed by atoms with van der Waals surface area (Å²) in [5, 5.41) is 5.06. The molecule has 0 saturated heterocycles. The number of rotatable bonds is 7. The van der Waals surface area contributed by atoms with E-state index in [4.69, 9.17) is 0 Å². The third kappa shape index (κ3) is 3.70. The molecule has 0 aromatic carbocycles. The van der Waals surface area contributed by atoms with E-state index in [-0.39, 0.29) is 0 Å². The van der Waals surface area contributed by atoms with Gasteiger partial charge in [0.05, 0.1) is 10.9 Å². The zero-order chi connectivity index (χ0) is 14.9. The lowest BCUT2D eigenvalue weighted by Gasteiger charge is -2.10. The predicted octanol–water partition coefficient (Wildman–Crippen LogP) is 1.76. The Bertz CT molecular complexity index is 690. The van der Waals surface area contributed by atoms with Gasteiger partial charge in [0.25, 0.3) is 0 Å². The number of imidazole rings is 1. The van der Waals surface area contributed by atoms with Crippen molar-refractivity contribution in [1.29, 1.82) is 0 Å². The summed E-state index contributed by atoms with van der Waals surface area (Å²) >= 11 is 1.47. The summed E-state index contributed by atoms with van der Waals surface area (Å²) in [6.45, 7) is 2.50. The largest absolute Gasteiger partial charge is 0.347 e. The molecule has 1 aliphatic rings. The van der Waals surface area contributed by atoms with Gasteiger partial charge in [0.15, 0.2) is 0 Å². The van der Waals surface area contributed by atoms with Crippen LogP contribution in [0, 0.1) is 0 Å². The molecule has 0 amide bonds. The van der Waals surface area contributed by atoms with E-state index in [9.17, 15) is 8.42 Å². The third-order valence-corrected chi connectivity index (χ3v) is 5.95. The van der Waals surface area contributed by atoms with Gasteiger partial charge < -0.3 is 10.3 Å². The Hall–Kier alpha value is -1.22. The fraction of sp³-hybridized carbons (Fsp3) is 0.462. The van der Waals surface area contributed by atoms with Crippen LogP contribution >= 0.6 is 11.3 Å². The number of sulfonamides is 1. The molecular weight excluding hydrogens is 308 g/mol. The van der Waals surface area contributed by atoms with Crippen molar-refractivity contribution in [2.75, 3.05) is 0 Å². The monoisotopic (exact) mass is 326 g/mol. The number of aromatic nitrogens is 2. The van der Waals surface area contributed by atoms with Crippen LogP contribution in [0.4, 0.5) is 0 Å². The molecule has 1 fully saturated rings. The fourth-order valence-corrected chi connectivity index (χ4v) is 4.43. The molecule has 0 bridgehead atoms. The molecule has 0 radical (unpaired) electrons. The van der Waals surface area contributed by atoms with Crippen molar-refractivity contribution in [2.24, 2.45) is 0 Å². The number of nitrogens with zero attached hydrogens (tertiary/aromatic N) is 1. The van der Waals surface area contributed by atoms with Crippen LogP contribution in [0.5, 0.6) is 0 Å². The molecule has 2 aromatic rings. The number of nitrogens with one attached hydrogen (secondary N) is 3. The summed E-state index contributed by atoms with van der Waals surface area (Å²) in [5.41, 5.74) is 0. The maximum Gasteiger partial charge on any atom is 0.242 e. The minimum atomic E-state index is -3.52. The Morgan fingerprint density at radius 1 is 1.52 bits per heavy atom. The second-order valence-electron chi connectivity index (χ2n) is 5.22. The fourth-order valence-electron chi connectivity index (χ4n) is 2.00. The SMILES string of the molecule is CC(NS(=O)(=O)c1csc(CNC2CC2)c1)c1ncc[nH]1. The third-order valence-electron chi connectivity index (χ3n) is 3.34. The van der Waals surface area contributed by atoms with Crippen LogP contribution in [-0.2, 0) is 16.6 Å². The summed E-state index contributed by atoms with van der Waals surface area (Å²) in [7, 11) is -3.52. The average Bonchev–Trinajstić information content (AvgIpc) is 2.96. The van der Waals surface area contributed by atoms with E-state index in [1.54, 1.807) is 30.8 Å². The lowest BCUT2D eigenvalue weighted by Crippen LogP contribution is -2.27. The van der Waals surface area contributed by atoms with E-state index in [0.717, 1.165) is 11.4 Å². The lowest BCUT2D eigenvalue weighted by atomic mass is 10.3. The van der Waals surface area contributed by atoms with E-state index in [1.807, 2.05) is 0 Å². The van der Waals surface area contributed by atoms with Gasteiger partial charge in [-0.25, -0.2) is 18.1 Å². The highest BCUT2D eigenvalue weighted by molar-refractivity contribution is 7.89. The molecule has 6 nitrogen and oxygen atoms in total. The topological polar surface area (TPSA) is 86.9 Å². The summed E-state index contributed by atoms with van der Waals surface area (Å²) in [6.07, 6.45) is 5.72. The molecule has 8 heteroatoms. The van der Waals surface area contributed by atoms with Crippen LogP contribution in [0.25, 0.3) is 0 Å². The lowest BCUT2D eigenvalue weighted by molar-refractivity contribution is 0.561. The first-order chi connectivity index (χ1) is 10.0. The van der Waals surface area contributed by atoms with Crippen molar-refractivity contribution in [3.05, 3.63) is 34.5 Å². The Labute approximate surface area is 128 Å². The molecule has 3 rings (SSSR count). The minimum absolute atomic E-state index is 0.318. The normalized spacial score (nSPS) is 17.0. The molecule has 1 saturated carbocycles. The van der Waals surface area contributed by atoms with Gasteiger partial charge in [0.2, 0.25) is 10.0 Å². The van der Waals surface area contributed by atoms with Gasteiger partial charge in [-0.15, -0.1) is 11.3 Å². The van der Waals surface area contributed by atoms with Crippen molar-refractivity contribution in [2.45, 2.75) is 43.3 Å². The van der Waals surface area contributed by atoms with Crippen molar-refractivity contribution in [3.8, 4) is 0 Å². The maximum absolute atomic E-state index is 12.3. The second kappa shape index (κ2) is 5.88. The predicted molar refractivity (Wildman–Crippen MR) is 81.5 cm³/mol. The molecule has 1 atom stereocenters. The summed E-state index contributed by atoms with van der Waals surface area (Å²) in [4.78, 5) is 8.33. The van der Waals surface area contributed by atoms with Gasteiger partial charge >= 0.3 is 0 Å². The van der Waals surface area contributed by atoms with Gasteiger partial charge in [-0.1, -0.05) is 0 Å². The van der Waals surface area contributed by atoms with Gasteiger partial charge in [0.1, 0.15) is 5.82 Å². The zero-order valence-electron chi connectivity index (χ0n) is 11.7. The van der Waals surface area contributed by atoms with Crippen molar-refractivity contribution >= 4 is 21.4 Å². The Balaban J connectivity index is 1.66. The number of aromatic amines is 1. The van der Waals surface area contributed by atoms with E-state index in [0.29, 0.717) is 16.8 Å². The second-order valence-corrected chi connectivity index (χ2v) is 7.93.